The first-order chi connectivity index (χ1) is 19.2. The Bertz CT molecular complexity index is 1420. The van der Waals surface area contributed by atoms with E-state index >= 15 is 0 Å². The number of aromatic nitrogens is 2. The molecule has 0 saturated carbocycles. The number of thioether (sulfide) groups is 1. The lowest BCUT2D eigenvalue weighted by molar-refractivity contribution is -0.151. The van der Waals surface area contributed by atoms with E-state index in [2.05, 4.69) is 5.09 Å². The average Bonchev–Trinajstić information content (AvgIpc) is 3.14. The number of rotatable bonds is 13. The maximum Gasteiger partial charge on any atom is 0.405 e. The monoisotopic (exact) mass is 610 g/mol. The van der Waals surface area contributed by atoms with Gasteiger partial charge in [0.2, 0.25) is 0 Å². The Balaban J connectivity index is 1.77. The van der Waals surface area contributed by atoms with Crippen molar-refractivity contribution < 1.29 is 33.4 Å². The van der Waals surface area contributed by atoms with Gasteiger partial charge in [-0.25, -0.2) is 14.4 Å². The Morgan fingerprint density at radius 1 is 1.29 bits per heavy atom. The van der Waals surface area contributed by atoms with Gasteiger partial charge in [0.1, 0.15) is 18.3 Å². The molecular weight excluding hydrogens is 575 g/mol. The van der Waals surface area contributed by atoms with Gasteiger partial charge < -0.3 is 14.9 Å². The predicted molar refractivity (Wildman–Crippen MR) is 151 cm³/mol. The summed E-state index contributed by atoms with van der Waals surface area (Å²) in [4.78, 5) is 38.4. The Morgan fingerprint density at radius 2 is 1.98 bits per heavy atom. The van der Waals surface area contributed by atoms with Gasteiger partial charge in [-0.1, -0.05) is 62.9 Å². The van der Waals surface area contributed by atoms with Crippen LogP contribution < -0.4 is 16.3 Å². The van der Waals surface area contributed by atoms with Crippen LogP contribution in [-0.4, -0.2) is 61.7 Å². The summed E-state index contributed by atoms with van der Waals surface area (Å²) >= 11 is 1.05. The number of aliphatic hydroxyl groups is 2. The van der Waals surface area contributed by atoms with Crippen molar-refractivity contribution in [3.05, 3.63) is 69.0 Å². The molecule has 4 N–H and O–H groups in total. The first-order valence-electron chi connectivity index (χ1n) is 12.9. The number of nitrogens with zero attached hydrogens (tertiary/aromatic N) is 2. The van der Waals surface area contributed by atoms with E-state index in [1.807, 2.05) is 31.8 Å². The number of hydrogen-bond acceptors (Lipinski definition) is 11. The molecule has 224 valence electrons. The zero-order valence-electron chi connectivity index (χ0n) is 23.2. The highest BCUT2D eigenvalue weighted by molar-refractivity contribution is 8.13. The molecule has 13 nitrogen and oxygen atoms in total. The molecule has 0 aliphatic carbocycles. The van der Waals surface area contributed by atoms with Crippen molar-refractivity contribution in [2.75, 3.05) is 19.0 Å². The van der Waals surface area contributed by atoms with E-state index in [1.165, 1.54) is 0 Å². The Kier molecular flexibility index (Phi) is 10.6. The first-order valence-corrected chi connectivity index (χ1v) is 15.4. The minimum Gasteiger partial charge on any atom is -0.387 e. The number of carbonyl (C=O) groups is 1. The fourth-order valence-corrected chi connectivity index (χ4v) is 6.28. The summed E-state index contributed by atoms with van der Waals surface area (Å²) in [6, 6.07) is 11.7. The number of hydrogen-bond donors (Lipinski definition) is 4. The normalized spacial score (nSPS) is 25.9. The molecular formula is C26H35N4O9PS. The van der Waals surface area contributed by atoms with Crippen LogP contribution in [0.5, 0.6) is 0 Å². The minimum atomic E-state index is -4.10. The molecule has 1 fully saturated rings. The lowest BCUT2D eigenvalue weighted by Gasteiger charge is -2.34. The number of ether oxygens (including phenoxy) is 1. The molecule has 1 aliphatic rings. The number of nitriles is 1. The number of carbonyl (C=O) groups excluding carboxylic acids is 1. The molecule has 41 heavy (non-hydrogen) atoms. The zero-order valence-corrected chi connectivity index (χ0v) is 24.9. The standard InChI is InChI=1S/C26H35N4O9PS/c1-5-24(2,3)22(33)41-14-13-37-40(36,28-15-18-9-7-6-8-10-18)38-16-19-21(32)25(4,35)26(17-27,39-19)30-12-11-20(31)29-23(30)34/h6-12,19,21,32,35H,5,13-16H2,1-4H3,(H,28,36)(H,29,31,34)/t19-,21-,25-,26-,40?/m1/s1. The van der Waals surface area contributed by atoms with E-state index in [0.29, 0.717) is 11.0 Å². The molecule has 0 spiro atoms. The smallest absolute Gasteiger partial charge is 0.387 e. The average molecular weight is 611 g/mol. The second-order valence-corrected chi connectivity index (χ2v) is 13.2. The summed E-state index contributed by atoms with van der Waals surface area (Å²) in [5.41, 5.74) is -6.35. The van der Waals surface area contributed by atoms with E-state index in [-0.39, 0.29) is 24.0 Å². The molecule has 1 aliphatic heterocycles. The number of benzene rings is 1. The minimum absolute atomic E-state index is 0.0355. The van der Waals surface area contributed by atoms with Gasteiger partial charge in [0.25, 0.3) is 11.3 Å². The van der Waals surface area contributed by atoms with Crippen molar-refractivity contribution in [3.8, 4) is 6.07 Å². The third-order valence-corrected chi connectivity index (χ3v) is 9.74. The van der Waals surface area contributed by atoms with Crippen molar-refractivity contribution in [1.82, 2.24) is 14.6 Å². The first kappa shape index (κ1) is 32.9. The fourth-order valence-electron chi connectivity index (χ4n) is 3.97. The lowest BCUT2D eigenvalue weighted by Crippen LogP contribution is -2.58. The largest absolute Gasteiger partial charge is 0.405 e. The van der Waals surface area contributed by atoms with Crippen LogP contribution in [0.3, 0.4) is 0 Å². The van der Waals surface area contributed by atoms with Crippen LogP contribution in [0.15, 0.2) is 52.2 Å². The van der Waals surface area contributed by atoms with Gasteiger partial charge >= 0.3 is 13.4 Å². The summed E-state index contributed by atoms with van der Waals surface area (Å²) in [7, 11) is -4.10. The highest BCUT2D eigenvalue weighted by Gasteiger charge is 2.65. The molecule has 0 bridgehead atoms. The third kappa shape index (κ3) is 7.25. The van der Waals surface area contributed by atoms with Crippen LogP contribution in [0.1, 0.15) is 39.7 Å². The molecule has 1 saturated heterocycles. The second-order valence-electron chi connectivity index (χ2n) is 10.3. The highest BCUT2D eigenvalue weighted by atomic mass is 32.2. The molecule has 1 unspecified atom stereocenters. The third-order valence-electron chi connectivity index (χ3n) is 6.99. The SMILES string of the molecule is CCC(C)(C)C(=O)SCCOP(=O)(NCc1ccccc1)OC[C@H]1O[C@@](C#N)(n2ccc(=O)[nH]c2=O)[C@](C)(O)[C@@H]1O. The van der Waals surface area contributed by atoms with Crippen LogP contribution in [0, 0.1) is 16.7 Å². The van der Waals surface area contributed by atoms with E-state index in [4.69, 9.17) is 13.8 Å². The van der Waals surface area contributed by atoms with Crippen LogP contribution >= 0.6 is 19.5 Å². The maximum atomic E-state index is 13.7. The van der Waals surface area contributed by atoms with E-state index in [1.54, 1.807) is 30.3 Å². The van der Waals surface area contributed by atoms with E-state index in [9.17, 15) is 34.4 Å². The summed E-state index contributed by atoms with van der Waals surface area (Å²) in [5.74, 6) is 0.201. The van der Waals surface area contributed by atoms with Gasteiger partial charge in [-0.2, -0.15) is 5.26 Å². The van der Waals surface area contributed by atoms with Crippen LogP contribution in [0.2, 0.25) is 0 Å². The molecule has 0 radical (unpaired) electrons. The van der Waals surface area contributed by atoms with Crippen LogP contribution in [-0.2, 0) is 35.4 Å². The van der Waals surface area contributed by atoms with Crippen LogP contribution in [0.4, 0.5) is 0 Å². The summed E-state index contributed by atoms with van der Waals surface area (Å²) in [6.07, 6.45) is -1.61. The van der Waals surface area contributed by atoms with Gasteiger partial charge in [-0.3, -0.25) is 28.2 Å². The van der Waals surface area contributed by atoms with Crippen LogP contribution in [0.25, 0.3) is 0 Å². The van der Waals surface area contributed by atoms with Crippen molar-refractivity contribution in [1.29, 1.82) is 5.26 Å². The summed E-state index contributed by atoms with van der Waals surface area (Å²) in [6.45, 7) is 6.03. The molecule has 0 amide bonds. The van der Waals surface area contributed by atoms with Crippen molar-refractivity contribution >= 4 is 24.6 Å². The van der Waals surface area contributed by atoms with Gasteiger partial charge in [0.15, 0.2) is 10.7 Å². The molecule has 5 atom stereocenters. The van der Waals surface area contributed by atoms with Crippen molar-refractivity contribution in [2.45, 2.75) is 64.2 Å². The number of nitrogens with one attached hydrogen (secondary N) is 2. The van der Waals surface area contributed by atoms with Gasteiger partial charge in [0, 0.05) is 30.0 Å². The predicted octanol–water partition coefficient (Wildman–Crippen LogP) is 1.85. The molecule has 3 rings (SSSR count). The molecule has 15 heteroatoms. The Labute approximate surface area is 241 Å². The molecule has 1 aromatic carbocycles. The summed E-state index contributed by atoms with van der Waals surface area (Å²) in [5, 5.41) is 34.7. The van der Waals surface area contributed by atoms with Gasteiger partial charge in [0.05, 0.1) is 13.2 Å². The van der Waals surface area contributed by atoms with Crippen molar-refractivity contribution in [3.63, 3.8) is 0 Å². The molecule has 2 heterocycles. The quantitative estimate of drug-likeness (QED) is 0.190. The lowest BCUT2D eigenvalue weighted by atomic mass is 9.88. The zero-order chi connectivity index (χ0) is 30.5. The topological polar surface area (TPSA) is 193 Å². The highest BCUT2D eigenvalue weighted by Crippen LogP contribution is 2.48. The molecule has 2 aromatic rings. The van der Waals surface area contributed by atoms with Crippen molar-refractivity contribution in [2.24, 2.45) is 5.41 Å². The number of aliphatic hydroxyl groups excluding tert-OH is 1. The van der Waals surface area contributed by atoms with E-state index < -0.39 is 54.6 Å². The molecule has 1 aromatic heterocycles. The Hall–Kier alpha value is -2.60. The Morgan fingerprint density at radius 3 is 2.59 bits per heavy atom. The fraction of sp³-hybridized carbons (Fsp3) is 0.538. The second kappa shape index (κ2) is 13.1. The maximum absolute atomic E-state index is 13.7. The summed E-state index contributed by atoms with van der Waals surface area (Å²) < 4.78 is 31.2. The van der Waals surface area contributed by atoms with E-state index in [0.717, 1.165) is 36.5 Å². The number of H-pyrrole nitrogens is 1. The van der Waals surface area contributed by atoms with Gasteiger partial charge in [-0.15, -0.1) is 0 Å². The van der Waals surface area contributed by atoms with Gasteiger partial charge in [-0.05, 0) is 18.9 Å². The number of aromatic amines is 1.